The van der Waals surface area contributed by atoms with Crippen molar-refractivity contribution in [3.05, 3.63) is 0 Å². The Balaban J connectivity index is 2.20. The summed E-state index contributed by atoms with van der Waals surface area (Å²) in [7, 11) is 1.87. The Bertz CT molecular complexity index is 225. The molecule has 4 heteroatoms. The molecule has 1 fully saturated rings. The van der Waals surface area contributed by atoms with Crippen LogP contribution in [0, 0.1) is 0 Å². The molecule has 0 atom stereocenters. The maximum absolute atomic E-state index is 11.8. The van der Waals surface area contributed by atoms with Gasteiger partial charge in [-0.2, -0.15) is 0 Å². The van der Waals surface area contributed by atoms with E-state index in [4.69, 9.17) is 0 Å². The van der Waals surface area contributed by atoms with Crippen molar-refractivity contribution in [2.75, 3.05) is 39.8 Å². The fourth-order valence-electron chi connectivity index (χ4n) is 2.13. The van der Waals surface area contributed by atoms with E-state index in [1.54, 1.807) is 4.90 Å². The molecule has 0 aliphatic carbocycles. The lowest BCUT2D eigenvalue weighted by atomic mass is 10.0. The van der Waals surface area contributed by atoms with Crippen LogP contribution < -0.4 is 5.32 Å². The second kappa shape index (κ2) is 7.67. The van der Waals surface area contributed by atoms with E-state index >= 15 is 0 Å². The Labute approximate surface area is 105 Å². The average molecular weight is 241 g/mol. The lowest BCUT2D eigenvalue weighted by Gasteiger charge is -2.32. The Morgan fingerprint density at radius 2 is 2.00 bits per heavy atom. The van der Waals surface area contributed by atoms with Gasteiger partial charge in [-0.15, -0.1) is 0 Å². The molecule has 1 N–H and O–H groups in total. The molecule has 1 rings (SSSR count). The van der Waals surface area contributed by atoms with Gasteiger partial charge >= 0.3 is 0 Å². The van der Waals surface area contributed by atoms with Crippen LogP contribution >= 0.6 is 0 Å². The number of carbonyl (C=O) groups is 1. The molecule has 0 spiro atoms. The van der Waals surface area contributed by atoms with Crippen molar-refractivity contribution in [1.82, 2.24) is 15.1 Å². The van der Waals surface area contributed by atoms with E-state index in [1.165, 1.54) is 19.3 Å². The van der Waals surface area contributed by atoms with E-state index in [2.05, 4.69) is 17.1 Å². The number of rotatable bonds is 6. The zero-order valence-corrected chi connectivity index (χ0v) is 11.5. The Kier molecular flexibility index (Phi) is 6.52. The molecule has 1 saturated heterocycles. The molecule has 0 bridgehead atoms. The lowest BCUT2D eigenvalue weighted by Crippen LogP contribution is -2.46. The van der Waals surface area contributed by atoms with Gasteiger partial charge in [-0.3, -0.25) is 9.69 Å². The minimum atomic E-state index is 0.243. The molecule has 4 nitrogen and oxygen atoms in total. The number of hydrogen-bond acceptors (Lipinski definition) is 3. The van der Waals surface area contributed by atoms with Crippen LogP contribution in [0.15, 0.2) is 0 Å². The SMILES string of the molecule is CCCNC1CCN(CC(=O)N(C)CC)CC1. The predicted octanol–water partition coefficient (Wildman–Crippen LogP) is 0.929. The molecule has 0 aromatic carbocycles. The number of amides is 1. The van der Waals surface area contributed by atoms with E-state index in [1.807, 2.05) is 14.0 Å². The van der Waals surface area contributed by atoms with E-state index in [0.29, 0.717) is 12.6 Å². The van der Waals surface area contributed by atoms with Gasteiger partial charge in [0.15, 0.2) is 0 Å². The van der Waals surface area contributed by atoms with Crippen molar-refractivity contribution >= 4 is 5.91 Å². The first kappa shape index (κ1) is 14.5. The first-order chi connectivity index (χ1) is 8.17. The zero-order chi connectivity index (χ0) is 12.7. The van der Waals surface area contributed by atoms with Crippen LogP contribution in [0.25, 0.3) is 0 Å². The molecule has 0 aromatic rings. The van der Waals surface area contributed by atoms with Crippen molar-refractivity contribution in [3.63, 3.8) is 0 Å². The molecule has 1 aliphatic heterocycles. The maximum Gasteiger partial charge on any atom is 0.236 e. The summed E-state index contributed by atoms with van der Waals surface area (Å²) in [5.74, 6) is 0.243. The van der Waals surface area contributed by atoms with E-state index < -0.39 is 0 Å². The van der Waals surface area contributed by atoms with Gasteiger partial charge in [-0.25, -0.2) is 0 Å². The highest BCUT2D eigenvalue weighted by atomic mass is 16.2. The molecular weight excluding hydrogens is 214 g/mol. The molecule has 0 unspecified atom stereocenters. The van der Waals surface area contributed by atoms with Gasteiger partial charge in [0.05, 0.1) is 6.54 Å². The number of carbonyl (C=O) groups excluding carboxylic acids is 1. The Morgan fingerprint density at radius 1 is 1.35 bits per heavy atom. The summed E-state index contributed by atoms with van der Waals surface area (Å²) in [6.45, 7) is 8.80. The molecule has 1 heterocycles. The van der Waals surface area contributed by atoms with Crippen molar-refractivity contribution < 1.29 is 4.79 Å². The highest BCUT2D eigenvalue weighted by Crippen LogP contribution is 2.10. The molecule has 17 heavy (non-hydrogen) atoms. The van der Waals surface area contributed by atoms with E-state index in [9.17, 15) is 4.79 Å². The highest BCUT2D eigenvalue weighted by molar-refractivity contribution is 5.77. The molecule has 100 valence electrons. The third-order valence-electron chi connectivity index (χ3n) is 3.53. The minimum Gasteiger partial charge on any atom is -0.345 e. The van der Waals surface area contributed by atoms with Crippen LogP contribution in [0.1, 0.15) is 33.1 Å². The van der Waals surface area contributed by atoms with Crippen LogP contribution in [0.4, 0.5) is 0 Å². The summed E-state index contributed by atoms with van der Waals surface area (Å²) >= 11 is 0. The fourth-order valence-corrected chi connectivity index (χ4v) is 2.13. The predicted molar refractivity (Wildman–Crippen MR) is 71.1 cm³/mol. The lowest BCUT2D eigenvalue weighted by molar-refractivity contribution is -0.131. The summed E-state index contributed by atoms with van der Waals surface area (Å²) < 4.78 is 0. The van der Waals surface area contributed by atoms with Crippen LogP contribution in [-0.2, 0) is 4.79 Å². The quantitative estimate of drug-likeness (QED) is 0.751. The summed E-state index contributed by atoms with van der Waals surface area (Å²) in [4.78, 5) is 15.8. The second-order valence-electron chi connectivity index (χ2n) is 4.91. The standard InChI is InChI=1S/C13H27N3O/c1-4-8-14-12-6-9-16(10-7-12)11-13(17)15(3)5-2/h12,14H,4-11H2,1-3H3. The normalized spacial score (nSPS) is 18.3. The van der Waals surface area contributed by atoms with Crippen LogP contribution in [-0.4, -0.2) is 61.5 Å². The summed E-state index contributed by atoms with van der Waals surface area (Å²) in [6.07, 6.45) is 3.53. The highest BCUT2D eigenvalue weighted by Gasteiger charge is 2.20. The summed E-state index contributed by atoms with van der Waals surface area (Å²) in [6, 6.07) is 0.658. The number of hydrogen-bond donors (Lipinski definition) is 1. The Hall–Kier alpha value is -0.610. The van der Waals surface area contributed by atoms with Gasteiger partial charge in [0, 0.05) is 32.7 Å². The molecule has 1 amide bonds. The van der Waals surface area contributed by atoms with Gasteiger partial charge in [-0.1, -0.05) is 6.92 Å². The zero-order valence-electron chi connectivity index (χ0n) is 11.5. The molecule has 1 aliphatic rings. The summed E-state index contributed by atoms with van der Waals surface area (Å²) in [5, 5.41) is 3.56. The average Bonchev–Trinajstić information content (AvgIpc) is 2.37. The van der Waals surface area contributed by atoms with Gasteiger partial charge in [0.1, 0.15) is 0 Å². The molecule has 0 saturated carbocycles. The van der Waals surface area contributed by atoms with Crippen LogP contribution in [0.3, 0.4) is 0 Å². The van der Waals surface area contributed by atoms with E-state index in [0.717, 1.165) is 26.2 Å². The molecular formula is C13H27N3O. The number of nitrogens with zero attached hydrogens (tertiary/aromatic N) is 2. The number of nitrogens with one attached hydrogen (secondary N) is 1. The fraction of sp³-hybridized carbons (Fsp3) is 0.923. The largest absolute Gasteiger partial charge is 0.345 e. The maximum atomic E-state index is 11.8. The van der Waals surface area contributed by atoms with E-state index in [-0.39, 0.29) is 5.91 Å². The number of likely N-dealkylation sites (N-methyl/N-ethyl adjacent to an activating group) is 1. The van der Waals surface area contributed by atoms with Gasteiger partial charge in [-0.05, 0) is 32.7 Å². The first-order valence-corrected chi connectivity index (χ1v) is 6.87. The van der Waals surface area contributed by atoms with Gasteiger partial charge < -0.3 is 10.2 Å². The number of likely N-dealkylation sites (tertiary alicyclic amines) is 1. The minimum absolute atomic E-state index is 0.243. The van der Waals surface area contributed by atoms with Crippen molar-refractivity contribution in [3.8, 4) is 0 Å². The smallest absolute Gasteiger partial charge is 0.236 e. The van der Waals surface area contributed by atoms with Crippen molar-refractivity contribution in [2.45, 2.75) is 39.2 Å². The topological polar surface area (TPSA) is 35.6 Å². The Morgan fingerprint density at radius 3 is 2.53 bits per heavy atom. The third kappa shape index (κ3) is 5.04. The summed E-state index contributed by atoms with van der Waals surface area (Å²) in [5.41, 5.74) is 0. The van der Waals surface area contributed by atoms with Gasteiger partial charge in [0.2, 0.25) is 5.91 Å². The number of piperidine rings is 1. The van der Waals surface area contributed by atoms with Gasteiger partial charge in [0.25, 0.3) is 0 Å². The van der Waals surface area contributed by atoms with Crippen molar-refractivity contribution in [2.24, 2.45) is 0 Å². The van der Waals surface area contributed by atoms with Crippen LogP contribution in [0.5, 0.6) is 0 Å². The molecule has 0 radical (unpaired) electrons. The third-order valence-corrected chi connectivity index (χ3v) is 3.53. The molecule has 0 aromatic heterocycles. The monoisotopic (exact) mass is 241 g/mol. The van der Waals surface area contributed by atoms with Crippen LogP contribution in [0.2, 0.25) is 0 Å². The van der Waals surface area contributed by atoms with Crippen molar-refractivity contribution in [1.29, 1.82) is 0 Å². The second-order valence-corrected chi connectivity index (χ2v) is 4.91. The first-order valence-electron chi connectivity index (χ1n) is 6.87.